The fourth-order valence-electron chi connectivity index (χ4n) is 4.69. The lowest BCUT2D eigenvalue weighted by molar-refractivity contribution is -0.192. The number of ketones is 1. The number of halogens is 5. The summed E-state index contributed by atoms with van der Waals surface area (Å²) in [6.45, 7) is 2.10. The van der Waals surface area contributed by atoms with Crippen LogP contribution in [0.25, 0.3) is 0 Å². The van der Waals surface area contributed by atoms with Crippen LogP contribution < -0.4 is 16.4 Å². The lowest BCUT2D eigenvalue weighted by Gasteiger charge is -2.31. The first kappa shape index (κ1) is 33.6. The predicted octanol–water partition coefficient (Wildman–Crippen LogP) is 3.85. The Balaban J connectivity index is 0.000000616. The van der Waals surface area contributed by atoms with Crippen molar-refractivity contribution in [1.82, 2.24) is 14.6 Å². The highest BCUT2D eigenvalue weighted by atomic mass is 32.2. The van der Waals surface area contributed by atoms with Crippen LogP contribution in [0, 0.1) is 17.6 Å². The minimum Gasteiger partial charge on any atom is -0.475 e. The van der Waals surface area contributed by atoms with Gasteiger partial charge in [0, 0.05) is 25.7 Å². The van der Waals surface area contributed by atoms with Crippen molar-refractivity contribution < 1.29 is 45.1 Å². The maximum absolute atomic E-state index is 14.0. The van der Waals surface area contributed by atoms with E-state index in [1.54, 1.807) is 0 Å². The van der Waals surface area contributed by atoms with E-state index in [-0.39, 0.29) is 22.5 Å². The Hall–Kier alpha value is -2.89. The number of carboxylic acid groups (broad SMARTS) is 1. The second-order valence-electron chi connectivity index (χ2n) is 9.95. The Morgan fingerprint density at radius 2 is 1.67 bits per heavy atom. The molecule has 4 rings (SSSR count). The average Bonchev–Trinajstić information content (AvgIpc) is 3.56. The zero-order chi connectivity index (χ0) is 31.1. The van der Waals surface area contributed by atoms with Crippen molar-refractivity contribution in [2.24, 2.45) is 5.92 Å². The number of rotatable bonds is 10. The molecule has 17 heteroatoms. The van der Waals surface area contributed by atoms with E-state index in [0.717, 1.165) is 30.0 Å². The summed E-state index contributed by atoms with van der Waals surface area (Å²) in [4.78, 5) is 25.7. The molecule has 5 N–H and O–H groups in total. The third-order valence-corrected chi connectivity index (χ3v) is 9.78. The van der Waals surface area contributed by atoms with Crippen molar-refractivity contribution in [2.45, 2.75) is 50.7 Å². The number of aromatic nitrogens is 1. The molecule has 1 saturated carbocycles. The Labute approximate surface area is 243 Å². The molecule has 2 heterocycles. The normalized spacial score (nSPS) is 17.1. The maximum atomic E-state index is 14.0. The van der Waals surface area contributed by atoms with E-state index in [4.69, 9.17) is 15.6 Å². The van der Waals surface area contributed by atoms with Gasteiger partial charge in [0.1, 0.15) is 22.3 Å². The van der Waals surface area contributed by atoms with Crippen molar-refractivity contribution in [3.63, 3.8) is 0 Å². The molecule has 1 aromatic carbocycles. The molecule has 0 amide bonds. The molecule has 42 heavy (non-hydrogen) atoms. The van der Waals surface area contributed by atoms with Gasteiger partial charge in [0.25, 0.3) is 0 Å². The summed E-state index contributed by atoms with van der Waals surface area (Å²) in [5.74, 6) is -4.88. The third-order valence-electron chi connectivity index (χ3n) is 6.91. The number of carboxylic acids is 1. The second kappa shape index (κ2) is 14.5. The number of nitrogen functional groups attached to an aromatic ring is 1. The van der Waals surface area contributed by atoms with Gasteiger partial charge in [-0.3, -0.25) is 4.79 Å². The Kier molecular flexibility index (Phi) is 11.6. The maximum Gasteiger partial charge on any atom is 0.490 e. The highest BCUT2D eigenvalue weighted by Crippen LogP contribution is 2.31. The van der Waals surface area contributed by atoms with Crippen LogP contribution >= 0.6 is 11.3 Å². The smallest absolute Gasteiger partial charge is 0.475 e. The zero-order valence-electron chi connectivity index (χ0n) is 22.4. The molecule has 234 valence electrons. The highest BCUT2D eigenvalue weighted by Gasteiger charge is 2.38. The highest BCUT2D eigenvalue weighted by molar-refractivity contribution is 7.89. The van der Waals surface area contributed by atoms with E-state index in [1.165, 1.54) is 36.1 Å². The van der Waals surface area contributed by atoms with E-state index < -0.39 is 45.2 Å². The molecule has 2 aliphatic rings. The molecular formula is C25H32F5N5O5S2. The summed E-state index contributed by atoms with van der Waals surface area (Å²) < 4.78 is 86.7. The monoisotopic (exact) mass is 641 g/mol. The van der Waals surface area contributed by atoms with Crippen molar-refractivity contribution in [3.05, 3.63) is 40.3 Å². The van der Waals surface area contributed by atoms with Crippen molar-refractivity contribution in [1.29, 1.82) is 0 Å². The van der Waals surface area contributed by atoms with Gasteiger partial charge in [-0.05, 0) is 50.3 Å². The molecule has 1 aliphatic carbocycles. The minimum absolute atomic E-state index is 0.0402. The van der Waals surface area contributed by atoms with Crippen LogP contribution in [-0.2, 0) is 14.8 Å². The third kappa shape index (κ3) is 9.31. The number of hydrogen-bond acceptors (Lipinski definition) is 9. The number of aliphatic carboxylic acids is 1. The summed E-state index contributed by atoms with van der Waals surface area (Å²) >= 11 is 0.934. The molecule has 0 unspecified atom stereocenters. The molecule has 2 fully saturated rings. The van der Waals surface area contributed by atoms with Crippen molar-refractivity contribution >= 4 is 44.1 Å². The number of nitrogens with one attached hydrogen (secondary N) is 2. The number of alkyl halides is 3. The second-order valence-corrected chi connectivity index (χ2v) is 13.0. The SMILES string of the molecule is Nc1nc(NC2CCN(S(=O)(=O)CCNCC3CCCC3)CC2)sc1C(=O)c1c(F)cccc1F.O=C(O)C(F)(F)F. The average molecular weight is 642 g/mol. The Bertz CT molecular complexity index is 1320. The van der Waals surface area contributed by atoms with Gasteiger partial charge in [-0.25, -0.2) is 31.3 Å². The predicted molar refractivity (Wildman–Crippen MR) is 147 cm³/mol. The van der Waals surface area contributed by atoms with Crippen LogP contribution in [0.2, 0.25) is 0 Å². The molecule has 1 aromatic heterocycles. The summed E-state index contributed by atoms with van der Waals surface area (Å²) in [6.07, 6.45) is 1.03. The van der Waals surface area contributed by atoms with E-state index in [2.05, 4.69) is 15.6 Å². The summed E-state index contributed by atoms with van der Waals surface area (Å²) in [5, 5.41) is 14.0. The van der Waals surface area contributed by atoms with Crippen LogP contribution in [0.3, 0.4) is 0 Å². The topological polar surface area (TPSA) is 155 Å². The summed E-state index contributed by atoms with van der Waals surface area (Å²) in [5.41, 5.74) is 5.20. The molecule has 1 saturated heterocycles. The van der Waals surface area contributed by atoms with Crippen LogP contribution in [0.1, 0.15) is 53.8 Å². The molecule has 0 spiro atoms. The number of piperidine rings is 1. The lowest BCUT2D eigenvalue weighted by atomic mass is 10.1. The largest absolute Gasteiger partial charge is 0.490 e. The van der Waals surface area contributed by atoms with Crippen LogP contribution in [0.15, 0.2) is 18.2 Å². The first-order valence-corrected chi connectivity index (χ1v) is 15.6. The molecule has 1 aliphatic heterocycles. The Morgan fingerprint density at radius 3 is 2.21 bits per heavy atom. The van der Waals surface area contributed by atoms with E-state index in [9.17, 15) is 35.2 Å². The van der Waals surface area contributed by atoms with Crippen LogP contribution in [-0.4, -0.2) is 78.7 Å². The van der Waals surface area contributed by atoms with Gasteiger partial charge in [0.15, 0.2) is 5.13 Å². The Morgan fingerprint density at radius 1 is 1.10 bits per heavy atom. The van der Waals surface area contributed by atoms with Crippen molar-refractivity contribution in [2.75, 3.05) is 43.0 Å². The van der Waals surface area contributed by atoms with Gasteiger partial charge in [-0.2, -0.15) is 13.2 Å². The minimum atomic E-state index is -5.08. The number of hydrogen-bond donors (Lipinski definition) is 4. The van der Waals surface area contributed by atoms with Gasteiger partial charge in [-0.15, -0.1) is 0 Å². The zero-order valence-corrected chi connectivity index (χ0v) is 24.1. The molecular weight excluding hydrogens is 609 g/mol. The summed E-state index contributed by atoms with van der Waals surface area (Å²) in [7, 11) is -3.33. The summed E-state index contributed by atoms with van der Waals surface area (Å²) in [6, 6.07) is 3.16. The van der Waals surface area contributed by atoms with Gasteiger partial charge < -0.3 is 21.5 Å². The molecule has 2 aromatic rings. The quantitative estimate of drug-likeness (QED) is 0.172. The van der Waals surface area contributed by atoms with E-state index in [0.29, 0.717) is 43.5 Å². The molecule has 0 bridgehead atoms. The number of nitrogens with zero attached hydrogens (tertiary/aromatic N) is 2. The number of carbonyl (C=O) groups is 2. The number of anilines is 2. The van der Waals surface area contributed by atoms with E-state index >= 15 is 0 Å². The fraction of sp³-hybridized carbons (Fsp3) is 0.560. The number of benzene rings is 1. The van der Waals surface area contributed by atoms with Gasteiger partial charge in [0.2, 0.25) is 15.8 Å². The van der Waals surface area contributed by atoms with Crippen LogP contribution in [0.4, 0.5) is 32.9 Å². The number of carbonyl (C=O) groups excluding carboxylic acids is 1. The van der Waals surface area contributed by atoms with Crippen LogP contribution in [0.5, 0.6) is 0 Å². The van der Waals surface area contributed by atoms with Gasteiger partial charge in [-0.1, -0.05) is 30.2 Å². The first-order valence-electron chi connectivity index (χ1n) is 13.2. The van der Waals surface area contributed by atoms with Gasteiger partial charge >= 0.3 is 12.1 Å². The van der Waals surface area contributed by atoms with Crippen molar-refractivity contribution in [3.8, 4) is 0 Å². The standard InChI is InChI=1S/C23H31F2N5O3S2.C2HF3O2/c24-17-6-3-7-18(25)19(17)20(31)21-22(26)29-23(34-21)28-16-8-11-30(12-9-16)35(32,33)13-10-27-14-15-4-1-2-5-15;3-2(4,5)1(6)7/h3,6-7,15-16,27H,1-2,4-5,8-14,26H2,(H,28,29);(H,6,7). The first-order chi connectivity index (χ1) is 19.7. The molecule has 0 atom stereocenters. The fourth-order valence-corrected chi connectivity index (χ4v) is 7.02. The molecule has 10 nitrogen and oxygen atoms in total. The number of thiazole rings is 1. The molecule has 0 radical (unpaired) electrons. The van der Waals surface area contributed by atoms with Gasteiger partial charge in [0.05, 0.1) is 11.3 Å². The number of sulfonamides is 1. The number of nitrogens with two attached hydrogens (primary N) is 1. The van der Waals surface area contributed by atoms with E-state index in [1.807, 2.05) is 0 Å². The lowest BCUT2D eigenvalue weighted by Crippen LogP contribution is -2.44.